The quantitative estimate of drug-likeness (QED) is 0.420. The van der Waals surface area contributed by atoms with Crippen LogP contribution in [0.2, 0.25) is 0 Å². The maximum absolute atomic E-state index is 12.9. The van der Waals surface area contributed by atoms with E-state index in [0.29, 0.717) is 50.7 Å². The molecule has 0 amide bonds. The standard InChI is InChI=1S/C22H20ClNO6/c1-4-28-22(25)21-15(10-23)24-14-9-18(27-3)17(26-2)8-13(14)20(21)12-5-6-16-19(7-12)30-11-29-16/h5-9H,4,10-11H2,1-3H3. The normalized spacial score (nSPS) is 12.1. The minimum Gasteiger partial charge on any atom is -0.493 e. The molecule has 0 N–H and O–H groups in total. The van der Waals surface area contributed by atoms with Crippen molar-refractivity contribution in [2.45, 2.75) is 12.8 Å². The largest absolute Gasteiger partial charge is 0.493 e. The van der Waals surface area contributed by atoms with E-state index in [1.54, 1.807) is 39.3 Å². The monoisotopic (exact) mass is 429 g/mol. The fourth-order valence-corrected chi connectivity index (χ4v) is 3.71. The molecule has 30 heavy (non-hydrogen) atoms. The van der Waals surface area contributed by atoms with Crippen molar-refractivity contribution in [2.24, 2.45) is 0 Å². The zero-order valence-electron chi connectivity index (χ0n) is 16.8. The van der Waals surface area contributed by atoms with Gasteiger partial charge >= 0.3 is 5.97 Å². The molecule has 0 bridgehead atoms. The van der Waals surface area contributed by atoms with Crippen LogP contribution in [-0.4, -0.2) is 38.6 Å². The lowest BCUT2D eigenvalue weighted by molar-refractivity contribution is 0.0526. The van der Waals surface area contributed by atoms with Gasteiger partial charge in [-0.25, -0.2) is 4.79 Å². The van der Waals surface area contributed by atoms with E-state index >= 15 is 0 Å². The van der Waals surface area contributed by atoms with E-state index in [1.165, 1.54) is 0 Å². The molecule has 1 aromatic heterocycles. The van der Waals surface area contributed by atoms with Gasteiger partial charge in [-0.1, -0.05) is 6.07 Å². The first-order chi connectivity index (χ1) is 14.6. The van der Waals surface area contributed by atoms with E-state index < -0.39 is 5.97 Å². The molecule has 0 saturated carbocycles. The summed E-state index contributed by atoms with van der Waals surface area (Å²) in [5.41, 5.74) is 2.72. The van der Waals surface area contributed by atoms with Crippen molar-refractivity contribution in [3.63, 3.8) is 0 Å². The number of ether oxygens (including phenoxy) is 5. The third-order valence-electron chi connectivity index (χ3n) is 4.83. The summed E-state index contributed by atoms with van der Waals surface area (Å²) in [7, 11) is 3.11. The summed E-state index contributed by atoms with van der Waals surface area (Å²) < 4.78 is 27.2. The highest BCUT2D eigenvalue weighted by Crippen LogP contribution is 2.42. The van der Waals surface area contributed by atoms with Gasteiger partial charge in [-0.05, 0) is 30.7 Å². The van der Waals surface area contributed by atoms with Crippen molar-refractivity contribution < 1.29 is 28.5 Å². The van der Waals surface area contributed by atoms with Crippen LogP contribution in [0.1, 0.15) is 23.0 Å². The van der Waals surface area contributed by atoms with Crippen molar-refractivity contribution in [1.82, 2.24) is 4.98 Å². The van der Waals surface area contributed by atoms with Crippen LogP contribution in [-0.2, 0) is 10.6 Å². The van der Waals surface area contributed by atoms with Gasteiger partial charge in [0.05, 0.1) is 43.5 Å². The molecular weight excluding hydrogens is 410 g/mol. The number of nitrogens with zero attached hydrogens (tertiary/aromatic N) is 1. The van der Waals surface area contributed by atoms with E-state index in [1.807, 2.05) is 12.1 Å². The maximum Gasteiger partial charge on any atom is 0.340 e. The second kappa shape index (κ2) is 8.28. The first-order valence-corrected chi connectivity index (χ1v) is 9.86. The van der Waals surface area contributed by atoms with Crippen LogP contribution in [0.5, 0.6) is 23.0 Å². The molecular formula is C22H20ClNO6. The molecule has 0 saturated heterocycles. The Morgan fingerprint density at radius 2 is 1.83 bits per heavy atom. The van der Waals surface area contributed by atoms with Crippen LogP contribution in [0.4, 0.5) is 0 Å². The highest BCUT2D eigenvalue weighted by Gasteiger charge is 2.26. The molecule has 7 nitrogen and oxygen atoms in total. The second-order valence-electron chi connectivity index (χ2n) is 6.45. The molecule has 156 valence electrons. The molecule has 8 heteroatoms. The van der Waals surface area contributed by atoms with Crippen LogP contribution in [0.25, 0.3) is 22.0 Å². The topological polar surface area (TPSA) is 76.1 Å². The average molecular weight is 430 g/mol. The summed E-state index contributed by atoms with van der Waals surface area (Å²) >= 11 is 6.19. The van der Waals surface area contributed by atoms with Gasteiger partial charge in [0.15, 0.2) is 23.0 Å². The maximum atomic E-state index is 12.9. The molecule has 1 aliphatic heterocycles. The van der Waals surface area contributed by atoms with Crippen LogP contribution in [0.3, 0.4) is 0 Å². The van der Waals surface area contributed by atoms with Gasteiger partial charge in [0.25, 0.3) is 0 Å². The van der Waals surface area contributed by atoms with Crippen LogP contribution in [0.15, 0.2) is 30.3 Å². The number of benzene rings is 2. The van der Waals surface area contributed by atoms with Gasteiger partial charge in [0, 0.05) is 17.0 Å². The number of methoxy groups -OCH3 is 2. The third-order valence-corrected chi connectivity index (χ3v) is 5.09. The number of carbonyl (C=O) groups is 1. The zero-order valence-corrected chi connectivity index (χ0v) is 17.5. The van der Waals surface area contributed by atoms with E-state index in [-0.39, 0.29) is 19.3 Å². The molecule has 4 rings (SSSR count). The summed E-state index contributed by atoms with van der Waals surface area (Å²) in [6, 6.07) is 9.05. The fourth-order valence-electron chi connectivity index (χ4n) is 3.51. The fraction of sp³-hybridized carbons (Fsp3) is 0.273. The Balaban J connectivity index is 2.09. The summed E-state index contributed by atoms with van der Waals surface area (Å²) in [5.74, 6) is 1.83. The van der Waals surface area contributed by atoms with Gasteiger partial charge < -0.3 is 23.7 Å². The molecule has 2 heterocycles. The Labute approximate surface area is 178 Å². The molecule has 0 radical (unpaired) electrons. The van der Waals surface area contributed by atoms with Crippen molar-refractivity contribution in [1.29, 1.82) is 0 Å². The van der Waals surface area contributed by atoms with Crippen molar-refractivity contribution in [2.75, 3.05) is 27.6 Å². The number of esters is 1. The van der Waals surface area contributed by atoms with Crippen molar-refractivity contribution in [3.8, 4) is 34.1 Å². The van der Waals surface area contributed by atoms with E-state index in [0.717, 1.165) is 5.56 Å². The molecule has 2 aromatic carbocycles. The summed E-state index contributed by atoms with van der Waals surface area (Å²) in [6.45, 7) is 2.13. The van der Waals surface area contributed by atoms with Gasteiger partial charge in [0.1, 0.15) is 0 Å². The van der Waals surface area contributed by atoms with Gasteiger partial charge in [-0.2, -0.15) is 0 Å². The highest BCUT2D eigenvalue weighted by molar-refractivity contribution is 6.18. The lowest BCUT2D eigenvalue weighted by Crippen LogP contribution is -2.12. The van der Waals surface area contributed by atoms with Gasteiger partial charge in [0.2, 0.25) is 6.79 Å². The number of hydrogen-bond donors (Lipinski definition) is 0. The summed E-state index contributed by atoms with van der Waals surface area (Å²) in [4.78, 5) is 17.6. The molecule has 0 fully saturated rings. The van der Waals surface area contributed by atoms with Crippen LogP contribution >= 0.6 is 11.6 Å². The predicted octanol–water partition coefficient (Wildman–Crippen LogP) is 4.56. The summed E-state index contributed by atoms with van der Waals surface area (Å²) in [5, 5.41) is 0.698. The number of halogens is 1. The lowest BCUT2D eigenvalue weighted by atomic mass is 9.93. The van der Waals surface area contributed by atoms with Crippen LogP contribution in [0, 0.1) is 0 Å². The lowest BCUT2D eigenvalue weighted by Gasteiger charge is -2.17. The number of alkyl halides is 1. The molecule has 0 spiro atoms. The Hall–Kier alpha value is -3.19. The molecule has 1 aliphatic rings. The van der Waals surface area contributed by atoms with E-state index in [9.17, 15) is 4.79 Å². The van der Waals surface area contributed by atoms with Crippen molar-refractivity contribution >= 4 is 28.5 Å². The number of hydrogen-bond acceptors (Lipinski definition) is 7. The smallest absolute Gasteiger partial charge is 0.340 e. The SMILES string of the molecule is CCOC(=O)c1c(CCl)nc2cc(OC)c(OC)cc2c1-c1ccc2c(c1)OCO2. The molecule has 3 aromatic rings. The van der Waals surface area contributed by atoms with Gasteiger partial charge in [-0.3, -0.25) is 4.98 Å². The van der Waals surface area contributed by atoms with E-state index in [4.69, 9.17) is 35.3 Å². The van der Waals surface area contributed by atoms with Crippen LogP contribution < -0.4 is 18.9 Å². The van der Waals surface area contributed by atoms with Crippen molar-refractivity contribution in [3.05, 3.63) is 41.6 Å². The first kappa shape index (κ1) is 20.1. The number of rotatable bonds is 6. The third kappa shape index (κ3) is 3.35. The van der Waals surface area contributed by atoms with E-state index in [2.05, 4.69) is 4.98 Å². The average Bonchev–Trinajstić information content (AvgIpc) is 3.24. The minimum absolute atomic E-state index is 0.0377. The minimum atomic E-state index is -0.495. The van der Waals surface area contributed by atoms with Gasteiger partial charge in [-0.15, -0.1) is 11.6 Å². The summed E-state index contributed by atoms with van der Waals surface area (Å²) in [6.07, 6.45) is 0. The number of fused-ring (bicyclic) bond motifs is 2. The first-order valence-electron chi connectivity index (χ1n) is 9.33. The molecule has 0 unspecified atom stereocenters. The Kier molecular flexibility index (Phi) is 5.55. The number of pyridine rings is 1. The Morgan fingerprint density at radius 3 is 2.53 bits per heavy atom. The number of carbonyl (C=O) groups excluding carboxylic acids is 1. The Morgan fingerprint density at radius 1 is 1.10 bits per heavy atom. The predicted molar refractivity (Wildman–Crippen MR) is 112 cm³/mol. The molecule has 0 atom stereocenters. The Bertz CT molecular complexity index is 1130. The highest BCUT2D eigenvalue weighted by atomic mass is 35.5. The zero-order chi connectivity index (χ0) is 21.3. The molecule has 0 aliphatic carbocycles. The number of aromatic nitrogens is 1. The second-order valence-corrected chi connectivity index (χ2v) is 6.72.